The van der Waals surface area contributed by atoms with Crippen LogP contribution in [0.2, 0.25) is 0 Å². The summed E-state index contributed by atoms with van der Waals surface area (Å²) in [7, 11) is 7.39. The van der Waals surface area contributed by atoms with Crippen molar-refractivity contribution in [3.8, 4) is 11.1 Å². The van der Waals surface area contributed by atoms with Crippen molar-refractivity contribution in [1.82, 2.24) is 14.0 Å². The lowest BCUT2D eigenvalue weighted by molar-refractivity contribution is 0.103. The number of nitrogens with zero attached hydrogens (tertiary/aromatic N) is 3. The standard InChI is InChI=1S/C25H24FN3O2/c1-15(14-27(2)3)23(30)17-8-11-22-20(12-17)21-13-19(16-6-9-18(26)10-7-16)25(31)29(5)24(21)28(22)4/h6-14H,1-5H3/b15-14+. The Hall–Kier alpha value is -3.67. The maximum absolute atomic E-state index is 13.4. The summed E-state index contributed by atoms with van der Waals surface area (Å²) in [4.78, 5) is 27.8. The lowest BCUT2D eigenvalue weighted by atomic mass is 10.0. The van der Waals surface area contributed by atoms with Crippen LogP contribution in [0.25, 0.3) is 33.1 Å². The third-order valence-electron chi connectivity index (χ3n) is 5.58. The summed E-state index contributed by atoms with van der Waals surface area (Å²) in [5.74, 6) is -0.396. The van der Waals surface area contributed by atoms with Gasteiger partial charge in [0.15, 0.2) is 5.78 Å². The fourth-order valence-corrected chi connectivity index (χ4v) is 4.14. The second-order valence-corrected chi connectivity index (χ2v) is 8.06. The van der Waals surface area contributed by atoms with E-state index in [1.165, 1.54) is 12.1 Å². The van der Waals surface area contributed by atoms with Crippen molar-refractivity contribution in [3.63, 3.8) is 0 Å². The molecule has 0 radical (unpaired) electrons. The number of aromatic nitrogens is 2. The molecule has 2 aromatic heterocycles. The first-order valence-electron chi connectivity index (χ1n) is 9.96. The molecular formula is C25H24FN3O2. The number of rotatable bonds is 4. The van der Waals surface area contributed by atoms with Gasteiger partial charge in [0, 0.05) is 61.9 Å². The van der Waals surface area contributed by atoms with Crippen LogP contribution in [-0.2, 0) is 14.1 Å². The highest BCUT2D eigenvalue weighted by atomic mass is 19.1. The molecule has 0 N–H and O–H groups in total. The molecule has 0 aliphatic rings. The highest BCUT2D eigenvalue weighted by Gasteiger charge is 2.18. The number of carbonyl (C=O) groups excluding carboxylic acids is 1. The molecule has 158 valence electrons. The van der Waals surface area contributed by atoms with Gasteiger partial charge in [-0.2, -0.15) is 0 Å². The average molecular weight is 417 g/mol. The Morgan fingerprint density at radius 1 is 0.968 bits per heavy atom. The number of benzene rings is 2. The number of halogens is 1. The maximum atomic E-state index is 13.4. The van der Waals surface area contributed by atoms with Crippen LogP contribution in [0.4, 0.5) is 4.39 Å². The monoisotopic (exact) mass is 417 g/mol. The fraction of sp³-hybridized carbons (Fsp3) is 0.200. The Morgan fingerprint density at radius 3 is 2.29 bits per heavy atom. The molecule has 0 atom stereocenters. The first-order chi connectivity index (χ1) is 14.7. The van der Waals surface area contributed by atoms with Gasteiger partial charge in [-0.15, -0.1) is 0 Å². The number of allylic oxidation sites excluding steroid dienone is 1. The van der Waals surface area contributed by atoms with Crippen molar-refractivity contribution in [2.24, 2.45) is 14.1 Å². The molecule has 2 aromatic carbocycles. The van der Waals surface area contributed by atoms with Crippen LogP contribution in [0.1, 0.15) is 17.3 Å². The third-order valence-corrected chi connectivity index (χ3v) is 5.58. The summed E-state index contributed by atoms with van der Waals surface area (Å²) in [6.45, 7) is 1.80. The number of pyridine rings is 1. The second-order valence-electron chi connectivity index (χ2n) is 8.06. The topological polar surface area (TPSA) is 47.2 Å². The molecule has 4 aromatic rings. The normalized spacial score (nSPS) is 12.0. The first-order valence-corrected chi connectivity index (χ1v) is 9.96. The number of hydrogen-bond acceptors (Lipinski definition) is 3. The predicted molar refractivity (Wildman–Crippen MR) is 123 cm³/mol. The molecule has 0 aliphatic heterocycles. The number of Topliss-reactive ketones (excluding diaryl/α,β-unsaturated/α-hetero) is 1. The zero-order valence-electron chi connectivity index (χ0n) is 18.2. The van der Waals surface area contributed by atoms with E-state index in [9.17, 15) is 14.0 Å². The SMILES string of the molecule is C/C(=C\N(C)C)C(=O)c1ccc2c(c1)c1cc(-c3ccc(F)cc3)c(=O)n(C)c1n2C. The summed E-state index contributed by atoms with van der Waals surface area (Å²) in [6.07, 6.45) is 1.80. The van der Waals surface area contributed by atoms with Gasteiger partial charge >= 0.3 is 0 Å². The average Bonchev–Trinajstić information content (AvgIpc) is 3.01. The van der Waals surface area contributed by atoms with E-state index in [-0.39, 0.29) is 17.2 Å². The van der Waals surface area contributed by atoms with Crippen LogP contribution >= 0.6 is 0 Å². The van der Waals surface area contributed by atoms with Gasteiger partial charge in [0.05, 0.1) is 5.52 Å². The van der Waals surface area contributed by atoms with Crippen molar-refractivity contribution < 1.29 is 9.18 Å². The minimum atomic E-state index is -0.351. The van der Waals surface area contributed by atoms with E-state index in [1.807, 2.05) is 54.9 Å². The highest BCUT2D eigenvalue weighted by Crippen LogP contribution is 2.31. The van der Waals surface area contributed by atoms with Gasteiger partial charge in [-0.1, -0.05) is 12.1 Å². The van der Waals surface area contributed by atoms with E-state index in [0.717, 1.165) is 21.9 Å². The molecule has 31 heavy (non-hydrogen) atoms. The lowest BCUT2D eigenvalue weighted by Crippen LogP contribution is -2.20. The van der Waals surface area contributed by atoms with Gasteiger partial charge < -0.3 is 9.47 Å². The van der Waals surface area contributed by atoms with E-state index in [4.69, 9.17) is 0 Å². The zero-order chi connectivity index (χ0) is 22.4. The molecule has 2 heterocycles. The quantitative estimate of drug-likeness (QED) is 0.363. The molecule has 0 spiro atoms. The summed E-state index contributed by atoms with van der Waals surface area (Å²) in [5.41, 5.74) is 3.90. The Balaban J connectivity index is 1.99. The van der Waals surface area contributed by atoms with E-state index >= 15 is 0 Å². The summed E-state index contributed by atoms with van der Waals surface area (Å²) >= 11 is 0. The van der Waals surface area contributed by atoms with Crippen LogP contribution in [0, 0.1) is 5.82 Å². The van der Waals surface area contributed by atoms with Gasteiger partial charge in [0.25, 0.3) is 5.56 Å². The molecule has 4 rings (SSSR count). The Labute approximate surface area is 179 Å². The molecule has 0 unspecified atom stereocenters. The molecule has 0 amide bonds. The van der Waals surface area contributed by atoms with Gasteiger partial charge in [0.2, 0.25) is 0 Å². The summed E-state index contributed by atoms with van der Waals surface area (Å²) in [5, 5.41) is 1.75. The van der Waals surface area contributed by atoms with Gasteiger partial charge in [-0.25, -0.2) is 4.39 Å². The van der Waals surface area contributed by atoms with Gasteiger partial charge in [-0.05, 0) is 48.9 Å². The Bertz CT molecular complexity index is 1420. The Morgan fingerprint density at radius 2 is 1.65 bits per heavy atom. The van der Waals surface area contributed by atoms with E-state index in [1.54, 1.807) is 36.9 Å². The largest absolute Gasteiger partial charge is 0.383 e. The van der Waals surface area contributed by atoms with Crippen molar-refractivity contribution in [3.05, 3.63) is 82.0 Å². The van der Waals surface area contributed by atoms with Crippen molar-refractivity contribution >= 4 is 27.7 Å². The van der Waals surface area contributed by atoms with E-state index in [2.05, 4.69) is 0 Å². The van der Waals surface area contributed by atoms with Crippen LogP contribution in [0.15, 0.2) is 65.1 Å². The maximum Gasteiger partial charge on any atom is 0.259 e. The minimum Gasteiger partial charge on any atom is -0.383 e. The predicted octanol–water partition coefficient (Wildman–Crippen LogP) is 4.48. The van der Waals surface area contributed by atoms with Crippen molar-refractivity contribution in [2.45, 2.75) is 6.92 Å². The molecule has 0 saturated carbocycles. The van der Waals surface area contributed by atoms with E-state index in [0.29, 0.717) is 22.3 Å². The molecule has 0 fully saturated rings. The number of carbonyl (C=O) groups is 1. The van der Waals surface area contributed by atoms with Crippen LogP contribution in [-0.4, -0.2) is 33.9 Å². The van der Waals surface area contributed by atoms with Crippen molar-refractivity contribution in [1.29, 1.82) is 0 Å². The molecule has 5 nitrogen and oxygen atoms in total. The van der Waals surface area contributed by atoms with Crippen molar-refractivity contribution in [2.75, 3.05) is 14.1 Å². The smallest absolute Gasteiger partial charge is 0.259 e. The summed E-state index contributed by atoms with van der Waals surface area (Å²) in [6, 6.07) is 13.3. The number of aryl methyl sites for hydroxylation is 2. The molecule has 0 saturated heterocycles. The second kappa shape index (κ2) is 7.54. The van der Waals surface area contributed by atoms with Gasteiger partial charge in [0.1, 0.15) is 11.5 Å². The zero-order valence-corrected chi connectivity index (χ0v) is 18.2. The number of hydrogen-bond donors (Lipinski definition) is 0. The highest BCUT2D eigenvalue weighted by molar-refractivity contribution is 6.14. The minimum absolute atomic E-state index is 0.0452. The van der Waals surface area contributed by atoms with E-state index < -0.39 is 0 Å². The molecule has 6 heteroatoms. The molecule has 0 bridgehead atoms. The number of ketones is 1. The molecule has 0 aliphatic carbocycles. The fourth-order valence-electron chi connectivity index (χ4n) is 4.14. The summed E-state index contributed by atoms with van der Waals surface area (Å²) < 4.78 is 16.9. The van der Waals surface area contributed by atoms with Crippen LogP contribution in [0.5, 0.6) is 0 Å². The number of fused-ring (bicyclic) bond motifs is 3. The molecular weight excluding hydrogens is 393 g/mol. The Kier molecular flexibility index (Phi) is 5.01. The lowest BCUT2D eigenvalue weighted by Gasteiger charge is -2.08. The van der Waals surface area contributed by atoms with Crippen LogP contribution < -0.4 is 5.56 Å². The van der Waals surface area contributed by atoms with Gasteiger partial charge in [-0.3, -0.25) is 14.2 Å². The van der Waals surface area contributed by atoms with Crippen LogP contribution in [0.3, 0.4) is 0 Å². The first kappa shape index (κ1) is 20.6. The third kappa shape index (κ3) is 3.44.